The highest BCUT2D eigenvalue weighted by Gasteiger charge is 2.38. The Balaban J connectivity index is 1.24. The number of anilines is 1. The molecule has 0 radical (unpaired) electrons. The number of H-pyrrole nitrogens is 1. The van der Waals surface area contributed by atoms with Gasteiger partial charge in [-0.15, -0.1) is 0 Å². The maximum atomic E-state index is 12.8. The smallest absolute Gasteiger partial charge is 0.224 e. The SMILES string of the molecule is CCCCCCCCCCCCCCCC(=O)Nc1cccc(C2O[C@H](CSc3ncn[nH]3)[C@H](C)[C@H](c3ccc(CO)cc3)O2)c1. The number of aliphatic hydroxyl groups excluding tert-OH is 1. The Morgan fingerprint density at radius 2 is 1.57 bits per heavy atom. The third kappa shape index (κ3) is 12.1. The molecule has 1 aromatic heterocycles. The second-order valence-corrected chi connectivity index (χ2v) is 13.6. The minimum absolute atomic E-state index is 0.00140. The van der Waals surface area contributed by atoms with E-state index in [4.69, 9.17) is 9.47 Å². The van der Waals surface area contributed by atoms with Gasteiger partial charge in [-0.1, -0.05) is 139 Å². The fourth-order valence-corrected chi connectivity index (χ4v) is 6.97. The lowest BCUT2D eigenvalue weighted by molar-refractivity contribution is -0.268. The second kappa shape index (κ2) is 20.5. The van der Waals surface area contributed by atoms with Crippen molar-refractivity contribution in [3.8, 4) is 0 Å². The summed E-state index contributed by atoms with van der Waals surface area (Å²) in [6.07, 6.45) is 17.9. The third-order valence-corrected chi connectivity index (χ3v) is 9.82. The van der Waals surface area contributed by atoms with Gasteiger partial charge in [0, 0.05) is 29.3 Å². The van der Waals surface area contributed by atoms with E-state index in [0.29, 0.717) is 12.2 Å². The summed E-state index contributed by atoms with van der Waals surface area (Å²) in [6, 6.07) is 15.7. The van der Waals surface area contributed by atoms with Gasteiger partial charge in [0.05, 0.1) is 18.8 Å². The highest BCUT2D eigenvalue weighted by molar-refractivity contribution is 7.99. The van der Waals surface area contributed by atoms with E-state index in [0.717, 1.165) is 40.4 Å². The van der Waals surface area contributed by atoms with Crippen LogP contribution in [-0.4, -0.2) is 38.1 Å². The van der Waals surface area contributed by atoms with E-state index in [1.54, 1.807) is 11.8 Å². The van der Waals surface area contributed by atoms with Gasteiger partial charge in [0.2, 0.25) is 5.91 Å². The van der Waals surface area contributed by atoms with E-state index in [2.05, 4.69) is 34.3 Å². The van der Waals surface area contributed by atoms with E-state index in [-0.39, 0.29) is 30.6 Å². The Kier molecular flexibility index (Phi) is 16.1. The number of amides is 1. The van der Waals surface area contributed by atoms with Crippen molar-refractivity contribution >= 4 is 23.4 Å². The Morgan fingerprint density at radius 1 is 0.891 bits per heavy atom. The number of ether oxygens (including phenoxy) is 2. The molecule has 2 heterocycles. The molecule has 0 bridgehead atoms. The number of aromatic nitrogens is 3. The molecule has 1 saturated heterocycles. The van der Waals surface area contributed by atoms with Gasteiger partial charge in [0.1, 0.15) is 6.33 Å². The number of unbranched alkanes of at least 4 members (excludes halogenated alkanes) is 12. The van der Waals surface area contributed by atoms with Gasteiger partial charge in [-0.3, -0.25) is 9.89 Å². The molecular formula is C37H54N4O4S. The zero-order chi connectivity index (χ0) is 32.4. The van der Waals surface area contributed by atoms with Crippen LogP contribution >= 0.6 is 11.8 Å². The predicted molar refractivity (Wildman–Crippen MR) is 185 cm³/mol. The fraction of sp³-hybridized carbons (Fsp3) is 0.595. The highest BCUT2D eigenvalue weighted by atomic mass is 32.2. The van der Waals surface area contributed by atoms with Crippen molar-refractivity contribution in [3.05, 3.63) is 71.5 Å². The van der Waals surface area contributed by atoms with Crippen molar-refractivity contribution in [1.29, 1.82) is 0 Å². The molecule has 46 heavy (non-hydrogen) atoms. The molecule has 0 spiro atoms. The van der Waals surface area contributed by atoms with Gasteiger partial charge in [0.15, 0.2) is 11.4 Å². The minimum Gasteiger partial charge on any atom is -0.392 e. The van der Waals surface area contributed by atoms with Crippen molar-refractivity contribution in [3.63, 3.8) is 0 Å². The molecule has 1 aliphatic rings. The monoisotopic (exact) mass is 650 g/mol. The summed E-state index contributed by atoms with van der Waals surface area (Å²) in [6.45, 7) is 4.41. The van der Waals surface area contributed by atoms with Crippen molar-refractivity contribution in [2.75, 3.05) is 11.1 Å². The van der Waals surface area contributed by atoms with Crippen LogP contribution in [0.5, 0.6) is 0 Å². The zero-order valence-electron chi connectivity index (χ0n) is 27.8. The van der Waals surface area contributed by atoms with Crippen LogP contribution in [0.4, 0.5) is 5.69 Å². The molecule has 4 rings (SSSR count). The number of benzene rings is 2. The van der Waals surface area contributed by atoms with Gasteiger partial charge >= 0.3 is 0 Å². The summed E-state index contributed by atoms with van der Waals surface area (Å²) >= 11 is 1.57. The standard InChI is InChI=1S/C37H54N4O4S/c1-3-4-5-6-7-8-9-10-11-12-13-14-15-19-34(43)40-32-18-16-17-31(24-32)36-44-33(26-46-37-38-27-39-41-37)28(2)35(45-36)30-22-20-29(25-42)21-23-30/h16-18,20-24,27-28,33,35-36,42H,3-15,19,25-26H2,1-2H3,(H,40,43)(H,38,39,41)/t28-,33+,35+,36?/m0/s1. The molecule has 3 aromatic rings. The van der Waals surface area contributed by atoms with Crippen molar-refractivity contribution in [2.45, 2.75) is 134 Å². The third-order valence-electron chi connectivity index (χ3n) is 8.85. The van der Waals surface area contributed by atoms with Crippen LogP contribution in [-0.2, 0) is 20.9 Å². The quantitative estimate of drug-likeness (QED) is 0.0779. The molecule has 252 valence electrons. The predicted octanol–water partition coefficient (Wildman–Crippen LogP) is 9.30. The molecule has 1 amide bonds. The van der Waals surface area contributed by atoms with Gasteiger partial charge in [-0.2, -0.15) is 5.10 Å². The number of thioether (sulfide) groups is 1. The van der Waals surface area contributed by atoms with Gasteiger partial charge in [-0.25, -0.2) is 4.98 Å². The summed E-state index contributed by atoms with van der Waals surface area (Å²) in [4.78, 5) is 17.0. The summed E-state index contributed by atoms with van der Waals surface area (Å²) < 4.78 is 13.1. The largest absolute Gasteiger partial charge is 0.392 e. The Labute approximate surface area is 279 Å². The molecule has 1 unspecified atom stereocenters. The van der Waals surface area contributed by atoms with Crippen LogP contribution in [0.3, 0.4) is 0 Å². The van der Waals surface area contributed by atoms with E-state index in [1.807, 2.05) is 48.5 Å². The lowest BCUT2D eigenvalue weighted by atomic mass is 9.91. The van der Waals surface area contributed by atoms with E-state index in [1.165, 1.54) is 77.0 Å². The molecule has 0 saturated carbocycles. The number of carbonyl (C=O) groups excluding carboxylic acids is 1. The summed E-state index contributed by atoms with van der Waals surface area (Å²) in [5.74, 6) is 0.786. The molecule has 0 aliphatic carbocycles. The molecular weight excluding hydrogens is 596 g/mol. The second-order valence-electron chi connectivity index (χ2n) is 12.6. The van der Waals surface area contributed by atoms with Crippen LogP contribution in [0, 0.1) is 5.92 Å². The fourth-order valence-electron chi connectivity index (χ4n) is 6.02. The molecule has 1 fully saturated rings. The molecule has 3 N–H and O–H groups in total. The minimum atomic E-state index is -0.600. The number of rotatable bonds is 21. The van der Waals surface area contributed by atoms with Crippen LogP contribution in [0.1, 0.15) is 133 Å². The molecule has 1 aliphatic heterocycles. The first-order chi connectivity index (χ1) is 22.6. The maximum absolute atomic E-state index is 12.8. The molecule has 2 aromatic carbocycles. The van der Waals surface area contributed by atoms with E-state index in [9.17, 15) is 9.90 Å². The average molecular weight is 651 g/mol. The first kappa shape index (κ1) is 36.1. The lowest BCUT2D eigenvalue weighted by Gasteiger charge is -2.41. The lowest BCUT2D eigenvalue weighted by Crippen LogP contribution is -2.38. The number of nitrogens with zero attached hydrogens (tertiary/aromatic N) is 2. The number of carbonyl (C=O) groups is 1. The van der Waals surface area contributed by atoms with Crippen molar-refractivity contribution < 1.29 is 19.4 Å². The van der Waals surface area contributed by atoms with Crippen LogP contribution in [0.15, 0.2) is 60.0 Å². The summed E-state index contributed by atoms with van der Waals surface area (Å²) in [5, 5.41) is 20.2. The number of hydrogen-bond acceptors (Lipinski definition) is 7. The zero-order valence-corrected chi connectivity index (χ0v) is 28.6. The van der Waals surface area contributed by atoms with Crippen LogP contribution < -0.4 is 5.32 Å². The Morgan fingerprint density at radius 3 is 2.20 bits per heavy atom. The van der Waals surface area contributed by atoms with Gasteiger partial charge in [0.25, 0.3) is 0 Å². The topological polar surface area (TPSA) is 109 Å². The maximum Gasteiger partial charge on any atom is 0.224 e. The van der Waals surface area contributed by atoms with Crippen molar-refractivity contribution in [2.24, 2.45) is 5.92 Å². The Hall–Kier alpha value is -2.72. The highest BCUT2D eigenvalue weighted by Crippen LogP contribution is 2.43. The first-order valence-corrected chi connectivity index (χ1v) is 18.4. The summed E-state index contributed by atoms with van der Waals surface area (Å²) in [7, 11) is 0. The van der Waals surface area contributed by atoms with Crippen LogP contribution in [0.25, 0.3) is 0 Å². The number of hydrogen-bond donors (Lipinski definition) is 3. The summed E-state index contributed by atoms with van der Waals surface area (Å²) in [5.41, 5.74) is 3.51. The Bertz CT molecular complexity index is 1260. The average Bonchev–Trinajstić information content (AvgIpc) is 3.60. The number of nitrogens with one attached hydrogen (secondary N) is 2. The van der Waals surface area contributed by atoms with E-state index >= 15 is 0 Å². The van der Waals surface area contributed by atoms with E-state index < -0.39 is 6.29 Å². The van der Waals surface area contributed by atoms with Crippen molar-refractivity contribution in [1.82, 2.24) is 15.2 Å². The molecule has 8 nitrogen and oxygen atoms in total. The number of aromatic amines is 1. The molecule has 9 heteroatoms. The van der Waals surface area contributed by atoms with Gasteiger partial charge < -0.3 is 19.9 Å². The van der Waals surface area contributed by atoms with Crippen LogP contribution in [0.2, 0.25) is 0 Å². The normalized spacial score (nSPS) is 19.7. The van der Waals surface area contributed by atoms with Gasteiger partial charge in [-0.05, 0) is 29.7 Å². The number of aliphatic hydroxyl groups is 1. The molecule has 4 atom stereocenters. The first-order valence-electron chi connectivity index (χ1n) is 17.5.